The van der Waals surface area contributed by atoms with Gasteiger partial charge in [0.15, 0.2) is 0 Å². The second kappa shape index (κ2) is 16.8. The molecule has 1 aliphatic heterocycles. The number of aromatic nitrogens is 4. The summed E-state index contributed by atoms with van der Waals surface area (Å²) in [6.07, 6.45) is 7.16. The molecule has 0 saturated carbocycles. The number of pyridine rings is 2. The van der Waals surface area contributed by atoms with E-state index in [9.17, 15) is 0 Å². The van der Waals surface area contributed by atoms with Crippen LogP contribution in [-0.4, -0.2) is 26.6 Å². The van der Waals surface area contributed by atoms with Crippen molar-refractivity contribution in [1.29, 1.82) is 0 Å². The number of ether oxygens (including phenoxy) is 4. The van der Waals surface area contributed by atoms with E-state index in [0.29, 0.717) is 63.8 Å². The molecule has 0 fully saturated rings. The summed E-state index contributed by atoms with van der Waals surface area (Å²) in [5, 5.41) is 0. The molecule has 0 saturated heterocycles. The van der Waals surface area contributed by atoms with Crippen LogP contribution in [-0.2, 0) is 0 Å². The van der Waals surface area contributed by atoms with E-state index in [1.54, 1.807) is 24.8 Å². The van der Waals surface area contributed by atoms with E-state index >= 15 is 0 Å². The smallest absolute Gasteiger partial charge is 0.291 e. The predicted octanol–water partition coefficient (Wildman–Crippen LogP) is 11.4. The Balaban J connectivity index is 1.10. The normalized spacial score (nSPS) is 12.0. The lowest BCUT2D eigenvalue weighted by Crippen LogP contribution is -2.51. The van der Waals surface area contributed by atoms with Crippen LogP contribution in [0.1, 0.15) is 101 Å². The maximum atomic E-state index is 6.64. The molecule has 1 aliphatic rings. The molecule has 0 amide bonds. The van der Waals surface area contributed by atoms with Crippen LogP contribution < -0.4 is 35.6 Å². The Morgan fingerprint density at radius 3 is 1.19 bits per heavy atom. The van der Waals surface area contributed by atoms with E-state index in [-0.39, 0.29) is 18.5 Å². The molecule has 0 bridgehead atoms. The van der Waals surface area contributed by atoms with Crippen LogP contribution in [0.4, 0.5) is 0 Å². The summed E-state index contributed by atoms with van der Waals surface area (Å²) in [5.74, 6) is 6.46. The van der Waals surface area contributed by atoms with E-state index in [2.05, 4.69) is 114 Å². The first-order valence-electron chi connectivity index (χ1n) is 20.5. The molecule has 8 nitrogen and oxygen atoms in total. The van der Waals surface area contributed by atoms with Crippen molar-refractivity contribution in [2.24, 2.45) is 0 Å². The lowest BCUT2D eigenvalue weighted by atomic mass is 9.42. The van der Waals surface area contributed by atoms with E-state index < -0.39 is 0 Å². The summed E-state index contributed by atoms with van der Waals surface area (Å²) < 4.78 is 25.9. The fourth-order valence-electron chi connectivity index (χ4n) is 7.37. The highest BCUT2D eigenvalue weighted by Crippen LogP contribution is 2.37. The van der Waals surface area contributed by atoms with Gasteiger partial charge in [0.05, 0.1) is 5.72 Å². The fourth-order valence-corrected chi connectivity index (χ4v) is 7.37. The van der Waals surface area contributed by atoms with Crippen LogP contribution in [0.25, 0.3) is 11.1 Å². The summed E-state index contributed by atoms with van der Waals surface area (Å²) in [5.41, 5.74) is 9.55. The summed E-state index contributed by atoms with van der Waals surface area (Å²) in [6, 6.07) is 34.4. The Kier molecular flexibility index (Phi) is 11.2. The van der Waals surface area contributed by atoms with Crippen LogP contribution in [0.5, 0.6) is 46.3 Å². The van der Waals surface area contributed by atoms with Gasteiger partial charge in [-0.05, 0) is 124 Å². The third-order valence-corrected chi connectivity index (χ3v) is 10.7. The average molecular weight is 781 g/mol. The molecule has 0 atom stereocenters. The molecule has 4 heterocycles. The van der Waals surface area contributed by atoms with Crippen LogP contribution in [0, 0.1) is 0 Å². The number of hydrogen-bond acceptors (Lipinski definition) is 8. The van der Waals surface area contributed by atoms with Crippen LogP contribution in [0.2, 0.25) is 0 Å². The Morgan fingerprint density at radius 1 is 0.373 bits per heavy atom. The molecular formula is C50H49BN4O4. The van der Waals surface area contributed by atoms with Crippen molar-refractivity contribution in [3.63, 3.8) is 0 Å². The minimum absolute atomic E-state index is 0.242. The molecule has 4 aromatic carbocycles. The van der Waals surface area contributed by atoms with Crippen molar-refractivity contribution in [2.75, 3.05) is 0 Å². The molecule has 3 aromatic heterocycles. The fraction of sp³-hybridized carbons (Fsp3) is 0.240. The molecule has 7 aromatic rings. The Bertz CT molecular complexity index is 2450. The molecule has 0 N–H and O–H groups in total. The van der Waals surface area contributed by atoms with Gasteiger partial charge in [0.25, 0.3) is 6.71 Å². The molecule has 0 radical (unpaired) electrons. The largest absolute Gasteiger partial charge is 0.457 e. The third kappa shape index (κ3) is 8.85. The van der Waals surface area contributed by atoms with Crippen molar-refractivity contribution < 1.29 is 18.9 Å². The van der Waals surface area contributed by atoms with E-state index in [0.717, 1.165) is 33.2 Å². The second-order valence-electron chi connectivity index (χ2n) is 16.4. The maximum absolute atomic E-state index is 6.64. The van der Waals surface area contributed by atoms with Crippen molar-refractivity contribution in [2.45, 2.75) is 79.1 Å². The average Bonchev–Trinajstić information content (AvgIpc) is 3.53. The van der Waals surface area contributed by atoms with Gasteiger partial charge in [-0.25, -0.2) is 9.97 Å². The van der Waals surface area contributed by atoms with Crippen LogP contribution in [0.15, 0.2) is 128 Å². The zero-order valence-electron chi connectivity index (χ0n) is 34.9. The molecule has 0 spiro atoms. The Morgan fingerprint density at radius 2 is 0.780 bits per heavy atom. The molecule has 59 heavy (non-hydrogen) atoms. The predicted molar refractivity (Wildman–Crippen MR) is 237 cm³/mol. The monoisotopic (exact) mass is 780 g/mol. The van der Waals surface area contributed by atoms with E-state index in [1.807, 2.05) is 54.6 Å². The van der Waals surface area contributed by atoms with Gasteiger partial charge < -0.3 is 18.9 Å². The second-order valence-corrected chi connectivity index (χ2v) is 16.4. The van der Waals surface area contributed by atoms with Crippen molar-refractivity contribution >= 4 is 23.4 Å². The van der Waals surface area contributed by atoms with E-state index in [1.165, 1.54) is 11.1 Å². The topological polar surface area (TPSA) is 88.5 Å². The minimum atomic E-state index is -0.242. The minimum Gasteiger partial charge on any atom is -0.457 e. The number of hydrogen-bond donors (Lipinski definition) is 0. The van der Waals surface area contributed by atoms with Gasteiger partial charge in [-0.1, -0.05) is 78.4 Å². The summed E-state index contributed by atoms with van der Waals surface area (Å²) in [4.78, 5) is 18.4. The highest BCUT2D eigenvalue weighted by Gasteiger charge is 2.36. The first kappa shape index (κ1) is 39.4. The van der Waals surface area contributed by atoms with Crippen LogP contribution in [0.3, 0.4) is 0 Å². The molecule has 0 unspecified atom stereocenters. The molecular weight excluding hydrogens is 731 g/mol. The molecule has 0 aliphatic carbocycles. The van der Waals surface area contributed by atoms with Gasteiger partial charge in [-0.15, -0.1) is 0 Å². The first-order valence-corrected chi connectivity index (χ1v) is 20.5. The number of rotatable bonds is 13. The number of benzene rings is 4. The maximum Gasteiger partial charge on any atom is 0.291 e. The quantitative estimate of drug-likeness (QED) is 0.107. The Labute approximate surface area is 347 Å². The summed E-state index contributed by atoms with van der Waals surface area (Å²) in [7, 11) is 0. The van der Waals surface area contributed by atoms with Crippen LogP contribution >= 0.6 is 0 Å². The van der Waals surface area contributed by atoms with Gasteiger partial charge in [-0.2, -0.15) is 0 Å². The summed E-state index contributed by atoms with van der Waals surface area (Å²) >= 11 is 0. The Hall–Kier alpha value is -6.48. The lowest BCUT2D eigenvalue weighted by molar-refractivity contribution is 0.446. The highest BCUT2D eigenvalue weighted by atomic mass is 16.5. The van der Waals surface area contributed by atoms with Gasteiger partial charge in [0.1, 0.15) is 34.5 Å². The highest BCUT2D eigenvalue weighted by molar-refractivity contribution is 6.98. The number of nitrogens with zero attached hydrogens (tertiary/aromatic N) is 4. The van der Waals surface area contributed by atoms with Crippen molar-refractivity contribution in [3.05, 3.63) is 150 Å². The van der Waals surface area contributed by atoms with Gasteiger partial charge in [0, 0.05) is 49.1 Å². The van der Waals surface area contributed by atoms with Crippen molar-refractivity contribution in [1.82, 2.24) is 19.9 Å². The standard InChI is InChI=1S/C50H49BN4O4/c1-30(2)34-14-18-52-48(24-34)58-42-22-36(32(5)6)20-40(26-42)56-38-10-12-44-45-13-11-39(29-47(45)51(46(44)28-38)50-54-16-9-17-55-50)57-41-21-37(33(7)8)23-43(27-41)59-49-25-35(31(3)4)15-19-53-49/h9-33H,1-8H3. The molecule has 9 heteroatoms. The SMILES string of the molecule is CC(C)c1cc(Oc2ccc3c(c2)B(c2ncccn2)c2cc(Oc4cc(Oc5cc(C(C)C)ccn5)cc(C(C)C)c4)ccc2-3)cc(Oc2cc(C(C)C)ccn2)c1. The van der Waals surface area contributed by atoms with Gasteiger partial charge >= 0.3 is 0 Å². The summed E-state index contributed by atoms with van der Waals surface area (Å²) in [6.45, 7) is 17.0. The molecule has 296 valence electrons. The van der Waals surface area contributed by atoms with Crippen molar-refractivity contribution in [3.8, 4) is 57.4 Å². The third-order valence-electron chi connectivity index (χ3n) is 10.7. The van der Waals surface area contributed by atoms with Gasteiger partial charge in [-0.3, -0.25) is 9.97 Å². The number of fused-ring (bicyclic) bond motifs is 3. The zero-order chi connectivity index (χ0) is 41.2. The molecule has 8 rings (SSSR count). The zero-order valence-corrected chi connectivity index (χ0v) is 34.9. The lowest BCUT2D eigenvalue weighted by Gasteiger charge is -2.15. The first-order chi connectivity index (χ1) is 28.5. The van der Waals surface area contributed by atoms with E-state index in [4.69, 9.17) is 28.9 Å². The van der Waals surface area contributed by atoms with Gasteiger partial charge in [0.2, 0.25) is 11.8 Å².